The van der Waals surface area contributed by atoms with Gasteiger partial charge < -0.3 is 14.1 Å². The minimum Gasteiger partial charge on any atom is -0.418 e. The van der Waals surface area contributed by atoms with Crippen LogP contribution in [0.25, 0.3) is 5.57 Å². The predicted molar refractivity (Wildman–Crippen MR) is 75.0 cm³/mol. The Bertz CT molecular complexity index is 789. The molecule has 0 radical (unpaired) electrons. The number of halogens is 1. The van der Waals surface area contributed by atoms with Gasteiger partial charge in [-0.05, 0) is 22.9 Å². The number of hydrogen-bond donors (Lipinski definition) is 1. The second-order valence-corrected chi connectivity index (χ2v) is 5.59. The van der Waals surface area contributed by atoms with E-state index < -0.39 is 0 Å². The molecule has 0 aliphatic heterocycles. The first-order valence-electron chi connectivity index (χ1n) is 6.04. The monoisotopic (exact) mass is 337 g/mol. The van der Waals surface area contributed by atoms with Crippen molar-refractivity contribution in [1.29, 1.82) is 0 Å². The highest BCUT2D eigenvalue weighted by molar-refractivity contribution is 9.10. The number of aryl methyl sites for hydroxylation is 1. The van der Waals surface area contributed by atoms with Gasteiger partial charge in [0, 0.05) is 40.8 Å². The van der Waals surface area contributed by atoms with Gasteiger partial charge in [0.25, 0.3) is 5.56 Å². The summed E-state index contributed by atoms with van der Waals surface area (Å²) in [7, 11) is 1.72. The fourth-order valence-electron chi connectivity index (χ4n) is 2.47. The second-order valence-electron chi connectivity index (χ2n) is 4.74. The number of fused-ring (bicyclic) bond motifs is 1. The average molecular weight is 338 g/mol. The SMILES string of the molecule is CC1=C(c2nnc(CO)o2)c2c(Br)cn(C)c(=O)c2C1. The third-order valence-electron chi connectivity index (χ3n) is 3.36. The van der Waals surface area contributed by atoms with E-state index in [1.165, 1.54) is 0 Å². The van der Waals surface area contributed by atoms with E-state index in [1.807, 2.05) is 6.92 Å². The van der Waals surface area contributed by atoms with Crippen molar-refractivity contribution in [2.24, 2.45) is 7.05 Å². The molecule has 2 heterocycles. The van der Waals surface area contributed by atoms with Gasteiger partial charge in [-0.25, -0.2) is 0 Å². The zero-order valence-electron chi connectivity index (χ0n) is 11.0. The lowest BCUT2D eigenvalue weighted by Gasteiger charge is -2.07. The molecular weight excluding hydrogens is 326 g/mol. The summed E-state index contributed by atoms with van der Waals surface area (Å²) < 4.78 is 7.77. The Hall–Kier alpha value is -1.73. The fourth-order valence-corrected chi connectivity index (χ4v) is 3.21. The van der Waals surface area contributed by atoms with Crippen molar-refractivity contribution in [2.75, 3.05) is 0 Å². The van der Waals surface area contributed by atoms with E-state index in [-0.39, 0.29) is 18.1 Å². The smallest absolute Gasteiger partial charge is 0.254 e. The van der Waals surface area contributed by atoms with Crippen LogP contribution in [-0.2, 0) is 20.1 Å². The molecule has 0 amide bonds. The first-order valence-corrected chi connectivity index (χ1v) is 6.84. The zero-order chi connectivity index (χ0) is 14.4. The first-order chi connectivity index (χ1) is 9.52. The molecule has 6 nitrogen and oxygen atoms in total. The molecule has 2 aromatic rings. The van der Waals surface area contributed by atoms with Crippen LogP contribution >= 0.6 is 15.9 Å². The molecule has 1 aliphatic carbocycles. The fraction of sp³-hybridized carbons (Fsp3) is 0.308. The van der Waals surface area contributed by atoms with Crippen molar-refractivity contribution < 1.29 is 9.52 Å². The summed E-state index contributed by atoms with van der Waals surface area (Å²) in [6, 6.07) is 0. The van der Waals surface area contributed by atoms with E-state index in [2.05, 4.69) is 26.1 Å². The molecule has 0 unspecified atom stereocenters. The molecule has 0 fully saturated rings. The average Bonchev–Trinajstić information content (AvgIpc) is 2.99. The normalized spacial score (nSPS) is 14.0. The highest BCUT2D eigenvalue weighted by Crippen LogP contribution is 2.39. The molecule has 0 saturated carbocycles. The summed E-state index contributed by atoms with van der Waals surface area (Å²) >= 11 is 3.49. The highest BCUT2D eigenvalue weighted by Gasteiger charge is 2.29. The molecule has 3 rings (SSSR count). The Kier molecular flexibility index (Phi) is 3.10. The van der Waals surface area contributed by atoms with E-state index in [4.69, 9.17) is 9.52 Å². The van der Waals surface area contributed by atoms with Gasteiger partial charge in [0.15, 0.2) is 0 Å². The molecule has 20 heavy (non-hydrogen) atoms. The van der Waals surface area contributed by atoms with Crippen LogP contribution < -0.4 is 5.56 Å². The Morgan fingerprint density at radius 2 is 2.25 bits per heavy atom. The maximum atomic E-state index is 12.2. The second kappa shape index (κ2) is 4.68. The lowest BCUT2D eigenvalue weighted by Crippen LogP contribution is -2.21. The van der Waals surface area contributed by atoms with Crippen molar-refractivity contribution in [1.82, 2.24) is 14.8 Å². The number of nitrogens with zero attached hydrogens (tertiary/aromatic N) is 3. The Morgan fingerprint density at radius 1 is 1.50 bits per heavy atom. The van der Waals surface area contributed by atoms with Crippen molar-refractivity contribution in [3.05, 3.63) is 49.5 Å². The molecular formula is C13H12BrN3O3. The van der Waals surface area contributed by atoms with E-state index in [1.54, 1.807) is 17.8 Å². The standard InChI is InChI=1S/C13H12BrN3O3/c1-6-3-7-11(8(14)4-17(2)13(7)19)10(6)12-16-15-9(5-18)20-12/h4,18H,3,5H2,1-2H3. The third-order valence-corrected chi connectivity index (χ3v) is 3.96. The summed E-state index contributed by atoms with van der Waals surface area (Å²) in [5.74, 6) is 0.493. The maximum absolute atomic E-state index is 12.2. The number of aliphatic hydroxyl groups excluding tert-OH is 1. The molecule has 0 bridgehead atoms. The van der Waals surface area contributed by atoms with E-state index in [9.17, 15) is 4.79 Å². The van der Waals surface area contributed by atoms with Crippen LogP contribution in [0.2, 0.25) is 0 Å². The Morgan fingerprint density at radius 3 is 2.90 bits per heavy atom. The summed E-state index contributed by atoms with van der Waals surface area (Å²) in [6.45, 7) is 1.63. The number of pyridine rings is 1. The lowest BCUT2D eigenvalue weighted by atomic mass is 10.1. The summed E-state index contributed by atoms with van der Waals surface area (Å²) in [6.07, 6.45) is 2.29. The zero-order valence-corrected chi connectivity index (χ0v) is 12.6. The van der Waals surface area contributed by atoms with Crippen LogP contribution in [0.15, 0.2) is 25.5 Å². The Balaban J connectivity index is 2.23. The lowest BCUT2D eigenvalue weighted by molar-refractivity contribution is 0.239. The van der Waals surface area contributed by atoms with Crippen LogP contribution in [0.3, 0.4) is 0 Å². The highest BCUT2D eigenvalue weighted by atomic mass is 79.9. The van der Waals surface area contributed by atoms with Crippen molar-refractivity contribution >= 4 is 21.5 Å². The van der Waals surface area contributed by atoms with Gasteiger partial charge in [-0.3, -0.25) is 4.79 Å². The van der Waals surface area contributed by atoms with Crippen LogP contribution in [0.1, 0.15) is 29.8 Å². The molecule has 0 aromatic carbocycles. The van der Waals surface area contributed by atoms with Crippen LogP contribution in [0.5, 0.6) is 0 Å². The predicted octanol–water partition coefficient (Wildman–Crippen LogP) is 1.40. The van der Waals surface area contributed by atoms with Gasteiger partial charge in [-0.15, -0.1) is 10.2 Å². The Labute approximate surface area is 122 Å². The van der Waals surface area contributed by atoms with Gasteiger partial charge in [-0.1, -0.05) is 5.57 Å². The minimum atomic E-state index is -0.302. The van der Waals surface area contributed by atoms with Crippen molar-refractivity contribution in [2.45, 2.75) is 20.0 Å². The van der Waals surface area contributed by atoms with Crippen LogP contribution in [-0.4, -0.2) is 19.9 Å². The molecule has 104 valence electrons. The topological polar surface area (TPSA) is 81.2 Å². The molecule has 2 aromatic heterocycles. The number of aliphatic hydroxyl groups is 1. The van der Waals surface area contributed by atoms with Gasteiger partial charge in [0.1, 0.15) is 6.61 Å². The van der Waals surface area contributed by atoms with Crippen LogP contribution in [0, 0.1) is 0 Å². The van der Waals surface area contributed by atoms with Crippen LogP contribution in [0.4, 0.5) is 0 Å². The number of allylic oxidation sites excluding steroid dienone is 1. The molecule has 0 spiro atoms. The minimum absolute atomic E-state index is 0.0283. The van der Waals surface area contributed by atoms with Crippen molar-refractivity contribution in [3.63, 3.8) is 0 Å². The van der Waals surface area contributed by atoms with E-state index in [0.717, 1.165) is 26.7 Å². The summed E-state index contributed by atoms with van der Waals surface area (Å²) in [5, 5.41) is 16.7. The molecule has 1 aliphatic rings. The van der Waals surface area contributed by atoms with Gasteiger partial charge in [0.05, 0.1) is 0 Å². The van der Waals surface area contributed by atoms with Crippen molar-refractivity contribution in [3.8, 4) is 0 Å². The number of aromatic nitrogens is 3. The largest absolute Gasteiger partial charge is 0.418 e. The first kappa shape index (κ1) is 13.3. The molecule has 7 heteroatoms. The number of rotatable bonds is 2. The summed E-state index contributed by atoms with van der Waals surface area (Å²) in [5.41, 5.74) is 3.27. The quantitative estimate of drug-likeness (QED) is 0.895. The maximum Gasteiger partial charge on any atom is 0.254 e. The van der Waals surface area contributed by atoms with E-state index >= 15 is 0 Å². The van der Waals surface area contributed by atoms with Gasteiger partial charge >= 0.3 is 0 Å². The summed E-state index contributed by atoms with van der Waals surface area (Å²) in [4.78, 5) is 12.2. The number of hydrogen-bond acceptors (Lipinski definition) is 5. The van der Waals surface area contributed by atoms with Gasteiger partial charge in [-0.2, -0.15) is 0 Å². The molecule has 1 N–H and O–H groups in total. The molecule has 0 atom stereocenters. The van der Waals surface area contributed by atoms with Gasteiger partial charge in [0.2, 0.25) is 11.8 Å². The van der Waals surface area contributed by atoms with E-state index in [0.29, 0.717) is 12.3 Å². The third kappa shape index (κ3) is 1.85. The molecule has 0 saturated heterocycles.